The molecule has 240 valence electrons. The van der Waals surface area contributed by atoms with Crippen molar-refractivity contribution in [2.24, 2.45) is 0 Å². The maximum Gasteiger partial charge on any atom is 0.305 e. The first-order valence-electron chi connectivity index (χ1n) is 15.4. The smallest absolute Gasteiger partial charge is 0.305 e. The second-order valence-electron chi connectivity index (χ2n) is 10.8. The van der Waals surface area contributed by atoms with Crippen LogP contribution in [-0.2, 0) is 29.9 Å². The maximum absolute atomic E-state index is 12.2. The minimum atomic E-state index is -4.06. The van der Waals surface area contributed by atoms with Crippen LogP contribution in [0, 0.1) is 0 Å². The Balaban J connectivity index is 1.34. The lowest BCUT2D eigenvalue weighted by molar-refractivity contribution is -0.205. The van der Waals surface area contributed by atoms with Gasteiger partial charge in [0.2, 0.25) is 0 Å². The summed E-state index contributed by atoms with van der Waals surface area (Å²) in [5, 5.41) is 0. The lowest BCUT2D eigenvalue weighted by Crippen LogP contribution is -2.20. The molecule has 0 saturated carbocycles. The highest BCUT2D eigenvalue weighted by molar-refractivity contribution is 7.99. The predicted octanol–water partition coefficient (Wildman–Crippen LogP) is 6.10. The zero-order valence-electron chi connectivity index (χ0n) is 25.5. The molecule has 0 aromatic carbocycles. The molecular formula is C29H51N5O6PS-. The molecule has 2 N–H and O–H groups in total. The molecule has 0 spiro atoms. The van der Waals surface area contributed by atoms with E-state index in [-0.39, 0.29) is 18.7 Å². The number of nitrogens with two attached hydrogens (primary N) is 1. The number of rotatable bonds is 26. The van der Waals surface area contributed by atoms with Crippen LogP contribution in [0.1, 0.15) is 103 Å². The lowest BCUT2D eigenvalue weighted by Gasteiger charge is -2.25. The number of imidazole rings is 1. The Hall–Kier alpha value is -1.72. The van der Waals surface area contributed by atoms with E-state index >= 15 is 0 Å². The minimum Gasteiger partial charge on any atom is -0.777 e. The monoisotopic (exact) mass is 628 g/mol. The Morgan fingerprint density at radius 2 is 1.55 bits per heavy atom. The van der Waals surface area contributed by atoms with Gasteiger partial charge < -0.3 is 33.8 Å². The highest BCUT2D eigenvalue weighted by atomic mass is 32.2. The minimum absolute atomic E-state index is 0.0972. The van der Waals surface area contributed by atoms with Gasteiger partial charge in [-0.05, 0) is 37.7 Å². The van der Waals surface area contributed by atoms with Crippen molar-refractivity contribution in [3.05, 3.63) is 12.7 Å². The number of nitrogen functional groups attached to an aromatic ring is 1. The van der Waals surface area contributed by atoms with Crippen molar-refractivity contribution >= 4 is 42.3 Å². The van der Waals surface area contributed by atoms with Gasteiger partial charge in [0, 0.05) is 6.42 Å². The van der Waals surface area contributed by atoms with Crippen molar-refractivity contribution in [3.8, 4) is 0 Å². The number of ether oxygens (including phenoxy) is 2. The van der Waals surface area contributed by atoms with Crippen LogP contribution in [0.25, 0.3) is 11.2 Å². The molecule has 0 saturated heterocycles. The number of unbranched alkanes of at least 4 members (excludes halogenated alkanes) is 12. The van der Waals surface area contributed by atoms with Gasteiger partial charge in [-0.25, -0.2) is 15.0 Å². The van der Waals surface area contributed by atoms with Crippen LogP contribution in [0.5, 0.6) is 0 Å². The van der Waals surface area contributed by atoms with E-state index in [4.69, 9.17) is 15.0 Å². The van der Waals surface area contributed by atoms with Gasteiger partial charge in [0.05, 0.1) is 32.7 Å². The van der Waals surface area contributed by atoms with E-state index in [1.54, 1.807) is 17.8 Å². The van der Waals surface area contributed by atoms with Crippen molar-refractivity contribution < 1.29 is 28.3 Å². The Kier molecular flexibility index (Phi) is 19.0. The molecule has 0 aliphatic carbocycles. The lowest BCUT2D eigenvalue weighted by atomic mass is 10.0. The zero-order chi connectivity index (χ0) is 30.5. The highest BCUT2D eigenvalue weighted by Crippen LogP contribution is 2.37. The molecule has 42 heavy (non-hydrogen) atoms. The van der Waals surface area contributed by atoms with Crippen LogP contribution >= 0.6 is 19.4 Å². The summed E-state index contributed by atoms with van der Waals surface area (Å²) in [6.45, 7) is 2.35. The summed E-state index contributed by atoms with van der Waals surface area (Å²) in [6, 6.07) is 0. The number of fused-ring (bicyclic) bond motifs is 1. The summed E-state index contributed by atoms with van der Waals surface area (Å²) in [7, 11) is -2.61. The first-order chi connectivity index (χ1) is 20.3. The van der Waals surface area contributed by atoms with E-state index in [2.05, 4.69) is 19.7 Å². The second kappa shape index (κ2) is 21.9. The number of hydrogen-bond acceptors (Lipinski definition) is 11. The molecule has 0 amide bonds. The first kappa shape index (κ1) is 36.5. The van der Waals surface area contributed by atoms with E-state index in [9.17, 15) is 14.3 Å². The number of methoxy groups -OCH3 is 1. The summed E-state index contributed by atoms with van der Waals surface area (Å²) in [4.78, 5) is 35.6. The quantitative estimate of drug-likeness (QED) is 0.0730. The van der Waals surface area contributed by atoms with Gasteiger partial charge in [0.15, 0.2) is 19.1 Å². The molecule has 2 aromatic heterocycles. The van der Waals surface area contributed by atoms with Gasteiger partial charge in [-0.1, -0.05) is 70.6 Å². The van der Waals surface area contributed by atoms with Crippen LogP contribution in [0.4, 0.5) is 5.82 Å². The van der Waals surface area contributed by atoms with Gasteiger partial charge in [0.1, 0.15) is 18.2 Å². The van der Waals surface area contributed by atoms with Crippen LogP contribution in [0.3, 0.4) is 0 Å². The van der Waals surface area contributed by atoms with Gasteiger partial charge in [-0.2, -0.15) is 11.8 Å². The molecule has 0 fully saturated rings. The van der Waals surface area contributed by atoms with Crippen molar-refractivity contribution in [2.45, 2.75) is 116 Å². The molecule has 0 aliphatic heterocycles. The third-order valence-corrected chi connectivity index (χ3v) is 9.21. The third-order valence-electron chi connectivity index (χ3n) is 7.02. The molecule has 13 heteroatoms. The van der Waals surface area contributed by atoms with E-state index in [1.807, 2.05) is 11.8 Å². The number of anilines is 1. The van der Waals surface area contributed by atoms with Crippen molar-refractivity contribution in [1.82, 2.24) is 19.5 Å². The Bertz CT molecular complexity index is 1060. The van der Waals surface area contributed by atoms with Crippen LogP contribution in [0.15, 0.2) is 12.7 Å². The van der Waals surface area contributed by atoms with E-state index < -0.39 is 13.9 Å². The highest BCUT2D eigenvalue weighted by Gasteiger charge is 2.14. The molecule has 0 radical (unpaired) electrons. The summed E-state index contributed by atoms with van der Waals surface area (Å²) in [5.74, 6) is 2.20. The maximum atomic E-state index is 12.2. The Labute approximate surface area is 255 Å². The van der Waals surface area contributed by atoms with Crippen molar-refractivity contribution in [2.75, 3.05) is 37.3 Å². The van der Waals surface area contributed by atoms with Crippen LogP contribution in [0.2, 0.25) is 0 Å². The second-order valence-corrected chi connectivity index (χ2v) is 13.7. The van der Waals surface area contributed by atoms with E-state index in [1.165, 1.54) is 84.1 Å². The van der Waals surface area contributed by atoms with Crippen LogP contribution in [-0.4, -0.2) is 63.2 Å². The SMILES string of the molecule is COC(=O)CCCCCCCCCCCCCCCSCCCOP(=O)([O-])CO[C@H](C)Cn1cnc2c(N)ncnc21. The van der Waals surface area contributed by atoms with Gasteiger partial charge in [-0.3, -0.25) is 4.79 Å². The molecule has 1 unspecified atom stereocenters. The fourth-order valence-corrected chi connectivity index (χ4v) is 6.46. The number of hydrogen-bond donors (Lipinski definition) is 1. The molecule has 0 bridgehead atoms. The number of aromatic nitrogens is 4. The Morgan fingerprint density at radius 1 is 0.952 bits per heavy atom. The van der Waals surface area contributed by atoms with Crippen molar-refractivity contribution in [1.29, 1.82) is 0 Å². The fraction of sp³-hybridized carbons (Fsp3) is 0.793. The molecule has 2 rings (SSSR count). The zero-order valence-corrected chi connectivity index (χ0v) is 27.3. The third kappa shape index (κ3) is 16.2. The molecule has 0 aliphatic rings. The fourth-order valence-electron chi connectivity index (χ4n) is 4.60. The van der Waals surface area contributed by atoms with Gasteiger partial charge in [0.25, 0.3) is 0 Å². The molecule has 2 heterocycles. The topological polar surface area (TPSA) is 155 Å². The molecule has 2 atom stereocenters. The van der Waals surface area contributed by atoms with E-state index in [0.717, 1.165) is 24.3 Å². The first-order valence-corrected chi connectivity index (χ1v) is 18.3. The van der Waals surface area contributed by atoms with Gasteiger partial charge >= 0.3 is 5.97 Å². The number of carbonyl (C=O) groups is 1. The van der Waals surface area contributed by atoms with Crippen LogP contribution < -0.4 is 10.6 Å². The summed E-state index contributed by atoms with van der Waals surface area (Å²) < 4.78 is 29.3. The number of nitrogens with zero attached hydrogens (tertiary/aromatic N) is 4. The molecule has 11 nitrogen and oxygen atoms in total. The molecule has 2 aromatic rings. The average molecular weight is 629 g/mol. The number of thioether (sulfide) groups is 1. The van der Waals surface area contributed by atoms with Gasteiger partial charge in [-0.15, -0.1) is 0 Å². The molecular weight excluding hydrogens is 577 g/mol. The van der Waals surface area contributed by atoms with Crippen molar-refractivity contribution in [3.63, 3.8) is 0 Å². The summed E-state index contributed by atoms with van der Waals surface area (Å²) in [5.41, 5.74) is 6.89. The van der Waals surface area contributed by atoms with E-state index in [0.29, 0.717) is 36.4 Å². The summed E-state index contributed by atoms with van der Waals surface area (Å²) in [6.07, 6.45) is 19.6. The Morgan fingerprint density at radius 3 is 2.19 bits per heavy atom. The summed E-state index contributed by atoms with van der Waals surface area (Å²) >= 11 is 1.86. The average Bonchev–Trinajstić information content (AvgIpc) is 3.38. The number of esters is 1. The normalized spacial score (nSPS) is 13.8. The standard InChI is InChI=1S/C29H52N5O6PS/c1-25(21-34-23-33-27-28(30)31-22-32-29(27)34)39-24-41(36,37)40-18-16-20-42-19-15-13-11-9-7-5-3-4-6-8-10-12-14-17-26(35)38-2/h22-23,25H,3-21,24H2,1-2H3,(H,36,37)(H2,30,31,32)/p-1/t25-/m1/s1. The number of carbonyl (C=O) groups excluding carboxylic acids is 1. The predicted molar refractivity (Wildman–Crippen MR) is 167 cm³/mol. The largest absolute Gasteiger partial charge is 0.777 e.